The minimum Gasteiger partial charge on any atom is -0.456 e. The third kappa shape index (κ3) is 4.00. The van der Waals surface area contributed by atoms with Crippen LogP contribution in [0.25, 0.3) is 76.5 Å². The topological polar surface area (TPSA) is 29.5 Å². The second-order valence-electron chi connectivity index (χ2n) is 12.1. The maximum absolute atomic E-state index is 6.70. The van der Waals surface area contributed by atoms with E-state index in [1.165, 1.54) is 21.9 Å². The van der Waals surface area contributed by atoms with E-state index in [-0.39, 0.29) is 0 Å². The molecule has 0 bridgehead atoms. The second kappa shape index (κ2) is 10.1. The van der Waals surface area contributed by atoms with Gasteiger partial charge in [0.2, 0.25) is 0 Å². The molecule has 0 aliphatic heterocycles. The Kier molecular flexibility index (Phi) is 5.57. The SMILES string of the molecule is c1ccc(-c2ccc(N(c3ccccc3)c3cc4oc5cc6oc7ccc8ccccc8c7c6cc5c4c4ccccc34)cc2)cc1. The van der Waals surface area contributed by atoms with E-state index in [9.17, 15) is 0 Å². The van der Waals surface area contributed by atoms with Crippen LogP contribution in [0.1, 0.15) is 0 Å². The van der Waals surface area contributed by atoms with E-state index >= 15 is 0 Å². The molecule has 0 radical (unpaired) electrons. The molecule has 0 fully saturated rings. The summed E-state index contributed by atoms with van der Waals surface area (Å²) in [6.07, 6.45) is 0. The molecule has 0 saturated heterocycles. The van der Waals surface area contributed by atoms with Crippen LogP contribution in [0, 0.1) is 0 Å². The lowest BCUT2D eigenvalue weighted by molar-refractivity contribution is 0.656. The summed E-state index contributed by atoms with van der Waals surface area (Å²) in [6, 6.07) is 57.8. The molecule has 8 aromatic carbocycles. The van der Waals surface area contributed by atoms with E-state index < -0.39 is 0 Å². The maximum atomic E-state index is 6.70. The molecule has 0 aliphatic carbocycles. The molecule has 2 heterocycles. The Labute approximate surface area is 270 Å². The van der Waals surface area contributed by atoms with Gasteiger partial charge in [-0.25, -0.2) is 0 Å². The normalized spacial score (nSPS) is 11.8. The smallest absolute Gasteiger partial charge is 0.139 e. The molecule has 0 spiro atoms. The van der Waals surface area contributed by atoms with Crippen molar-refractivity contribution in [2.24, 2.45) is 0 Å². The molecule has 2 aromatic heterocycles. The van der Waals surface area contributed by atoms with Crippen LogP contribution in [-0.4, -0.2) is 0 Å². The highest BCUT2D eigenvalue weighted by molar-refractivity contribution is 6.27. The zero-order valence-electron chi connectivity index (χ0n) is 25.4. The quantitative estimate of drug-likeness (QED) is 0.201. The summed E-state index contributed by atoms with van der Waals surface area (Å²) in [6.45, 7) is 0. The molecule has 0 aliphatic rings. The fraction of sp³-hybridized carbons (Fsp3) is 0. The number of benzene rings is 8. The number of nitrogens with zero attached hydrogens (tertiary/aromatic N) is 1. The second-order valence-corrected chi connectivity index (χ2v) is 12.1. The summed E-state index contributed by atoms with van der Waals surface area (Å²) in [7, 11) is 0. The highest BCUT2D eigenvalue weighted by Gasteiger charge is 2.21. The molecule has 0 saturated carbocycles. The van der Waals surface area contributed by atoms with Crippen molar-refractivity contribution in [1.29, 1.82) is 0 Å². The van der Waals surface area contributed by atoms with Gasteiger partial charge in [-0.15, -0.1) is 0 Å². The van der Waals surface area contributed by atoms with Gasteiger partial charge in [0.25, 0.3) is 0 Å². The van der Waals surface area contributed by atoms with Crippen molar-refractivity contribution >= 4 is 82.5 Å². The van der Waals surface area contributed by atoms with Crippen LogP contribution in [0.3, 0.4) is 0 Å². The van der Waals surface area contributed by atoms with Gasteiger partial charge in [-0.1, -0.05) is 115 Å². The van der Waals surface area contributed by atoms with Crippen LogP contribution in [0.5, 0.6) is 0 Å². The van der Waals surface area contributed by atoms with Crippen molar-refractivity contribution in [2.75, 3.05) is 4.90 Å². The largest absolute Gasteiger partial charge is 0.456 e. The minimum absolute atomic E-state index is 0.816. The Morgan fingerprint density at radius 3 is 1.68 bits per heavy atom. The summed E-state index contributed by atoms with van der Waals surface area (Å²) in [5.74, 6) is 0. The van der Waals surface area contributed by atoms with E-state index in [2.05, 4.69) is 169 Å². The molecular weight excluding hydrogens is 574 g/mol. The van der Waals surface area contributed by atoms with Crippen molar-refractivity contribution in [3.05, 3.63) is 164 Å². The van der Waals surface area contributed by atoms with Crippen molar-refractivity contribution < 1.29 is 8.83 Å². The van der Waals surface area contributed by atoms with Gasteiger partial charge in [-0.2, -0.15) is 0 Å². The minimum atomic E-state index is 0.816. The van der Waals surface area contributed by atoms with Gasteiger partial charge >= 0.3 is 0 Å². The number of hydrogen-bond acceptors (Lipinski definition) is 3. The average Bonchev–Trinajstić information content (AvgIpc) is 3.69. The van der Waals surface area contributed by atoms with E-state index in [0.29, 0.717) is 0 Å². The Bertz CT molecular complexity index is 2770. The lowest BCUT2D eigenvalue weighted by Crippen LogP contribution is -2.10. The number of furan rings is 2. The predicted molar refractivity (Wildman–Crippen MR) is 196 cm³/mol. The molecule has 0 N–H and O–H groups in total. The van der Waals surface area contributed by atoms with Crippen molar-refractivity contribution in [3.63, 3.8) is 0 Å². The molecule has 0 atom stereocenters. The van der Waals surface area contributed by atoms with Gasteiger partial charge in [0.15, 0.2) is 0 Å². The summed E-state index contributed by atoms with van der Waals surface area (Å²) in [4.78, 5) is 2.33. The zero-order valence-corrected chi connectivity index (χ0v) is 25.4. The summed E-state index contributed by atoms with van der Waals surface area (Å²) in [5.41, 5.74) is 8.98. The van der Waals surface area contributed by atoms with E-state index in [4.69, 9.17) is 8.83 Å². The molecule has 47 heavy (non-hydrogen) atoms. The van der Waals surface area contributed by atoms with Crippen LogP contribution in [0.2, 0.25) is 0 Å². The molecule has 0 amide bonds. The van der Waals surface area contributed by atoms with Crippen molar-refractivity contribution in [3.8, 4) is 11.1 Å². The van der Waals surface area contributed by atoms with E-state index in [1.807, 2.05) is 0 Å². The number of para-hydroxylation sites is 1. The number of hydrogen-bond donors (Lipinski definition) is 0. The monoisotopic (exact) mass is 601 g/mol. The molecule has 0 unspecified atom stereocenters. The maximum Gasteiger partial charge on any atom is 0.139 e. The lowest BCUT2D eigenvalue weighted by atomic mass is 9.99. The molecule has 3 heteroatoms. The third-order valence-electron chi connectivity index (χ3n) is 9.43. The summed E-state index contributed by atoms with van der Waals surface area (Å²) in [5, 5.41) is 9.15. The number of rotatable bonds is 4. The molecule has 10 aromatic rings. The number of fused-ring (bicyclic) bond motifs is 10. The summed E-state index contributed by atoms with van der Waals surface area (Å²) < 4.78 is 13.1. The first-order chi connectivity index (χ1) is 23.3. The predicted octanol–water partition coefficient (Wildman–Crippen LogP) is 12.9. The fourth-order valence-electron chi connectivity index (χ4n) is 7.28. The first-order valence-electron chi connectivity index (χ1n) is 15.9. The van der Waals surface area contributed by atoms with Crippen LogP contribution < -0.4 is 4.90 Å². The molecule has 3 nitrogen and oxygen atoms in total. The Balaban J connectivity index is 1.23. The fourth-order valence-corrected chi connectivity index (χ4v) is 7.28. The van der Waals surface area contributed by atoms with Crippen LogP contribution in [0.15, 0.2) is 173 Å². The highest BCUT2D eigenvalue weighted by atomic mass is 16.3. The van der Waals surface area contributed by atoms with Crippen molar-refractivity contribution in [1.82, 2.24) is 0 Å². The lowest BCUT2D eigenvalue weighted by Gasteiger charge is -2.27. The standard InChI is InChI=1S/C44H27NO2/c1-3-11-28(12-4-1)29-19-22-32(23-20-29)45(31-14-5-2-6-15-31)38-26-42-44(35-18-10-9-17-34(35)38)37-25-36-40(27-41(37)47-42)46-39-24-21-30-13-7-8-16-33(30)43(36)39/h1-27H. The van der Waals surface area contributed by atoms with Crippen LogP contribution in [-0.2, 0) is 0 Å². The Morgan fingerprint density at radius 1 is 0.340 bits per heavy atom. The van der Waals surface area contributed by atoms with Gasteiger partial charge < -0.3 is 13.7 Å². The van der Waals surface area contributed by atoms with Gasteiger partial charge in [0.1, 0.15) is 22.3 Å². The third-order valence-corrected chi connectivity index (χ3v) is 9.43. The summed E-state index contributed by atoms with van der Waals surface area (Å²) >= 11 is 0. The molecular formula is C44H27NO2. The first kappa shape index (κ1) is 26.0. The first-order valence-corrected chi connectivity index (χ1v) is 15.9. The van der Waals surface area contributed by atoms with Gasteiger partial charge in [-0.3, -0.25) is 0 Å². The van der Waals surface area contributed by atoms with Crippen LogP contribution >= 0.6 is 0 Å². The van der Waals surface area contributed by atoms with E-state index in [1.54, 1.807) is 0 Å². The molecule has 10 rings (SSSR count). The van der Waals surface area contributed by atoms with Gasteiger partial charge in [0.05, 0.1) is 5.69 Å². The number of anilines is 3. The van der Waals surface area contributed by atoms with Gasteiger partial charge in [-0.05, 0) is 63.7 Å². The molecule has 220 valence electrons. The van der Waals surface area contributed by atoms with E-state index in [0.717, 1.165) is 71.7 Å². The highest BCUT2D eigenvalue weighted by Crippen LogP contribution is 2.46. The van der Waals surface area contributed by atoms with Gasteiger partial charge in [0, 0.05) is 50.4 Å². The average molecular weight is 602 g/mol. The van der Waals surface area contributed by atoms with Crippen molar-refractivity contribution in [2.45, 2.75) is 0 Å². The Morgan fingerprint density at radius 2 is 0.915 bits per heavy atom. The Hall–Kier alpha value is -6.32. The van der Waals surface area contributed by atoms with Crippen LogP contribution in [0.4, 0.5) is 17.1 Å². The zero-order chi connectivity index (χ0) is 30.9.